The zero-order chi connectivity index (χ0) is 14.8. The van der Waals surface area contributed by atoms with Gasteiger partial charge in [-0.3, -0.25) is 4.98 Å². The van der Waals surface area contributed by atoms with Crippen LogP contribution in [0.15, 0.2) is 24.5 Å². The molecule has 2 heterocycles. The van der Waals surface area contributed by atoms with E-state index in [9.17, 15) is 0 Å². The van der Waals surface area contributed by atoms with E-state index in [4.69, 9.17) is 11.6 Å². The van der Waals surface area contributed by atoms with Gasteiger partial charge in [-0.05, 0) is 24.6 Å². The summed E-state index contributed by atoms with van der Waals surface area (Å²) < 4.78 is 0. The van der Waals surface area contributed by atoms with Crippen LogP contribution in [0.2, 0.25) is 5.15 Å². The second-order valence-corrected chi connectivity index (χ2v) is 6.13. The van der Waals surface area contributed by atoms with Gasteiger partial charge >= 0.3 is 0 Å². The standard InChI is InChI=1S/C15H19ClN4/c1-10-12(16)19-14(15(2,3)4)20-13(10)18-9-11-5-7-17-8-6-11/h5-8H,9H2,1-4H3,(H,18,19,20). The number of nitrogens with one attached hydrogen (secondary N) is 1. The maximum atomic E-state index is 6.21. The van der Waals surface area contributed by atoms with Crippen molar-refractivity contribution >= 4 is 17.4 Å². The lowest BCUT2D eigenvalue weighted by molar-refractivity contribution is 0.545. The van der Waals surface area contributed by atoms with Gasteiger partial charge in [-0.1, -0.05) is 32.4 Å². The maximum absolute atomic E-state index is 6.21. The summed E-state index contributed by atoms with van der Waals surface area (Å²) in [5.41, 5.74) is 1.88. The molecule has 4 nitrogen and oxygen atoms in total. The lowest BCUT2D eigenvalue weighted by atomic mass is 9.95. The Kier molecular flexibility index (Phi) is 4.23. The van der Waals surface area contributed by atoms with Crippen molar-refractivity contribution in [2.45, 2.75) is 39.7 Å². The van der Waals surface area contributed by atoms with Gasteiger partial charge in [0.05, 0.1) is 0 Å². The maximum Gasteiger partial charge on any atom is 0.137 e. The molecule has 2 aromatic rings. The molecule has 2 rings (SSSR count). The van der Waals surface area contributed by atoms with Gasteiger partial charge in [0.2, 0.25) is 0 Å². The van der Waals surface area contributed by atoms with Gasteiger partial charge in [0.25, 0.3) is 0 Å². The first kappa shape index (κ1) is 14.7. The third-order valence-electron chi connectivity index (χ3n) is 2.97. The monoisotopic (exact) mass is 290 g/mol. The molecule has 0 aliphatic carbocycles. The summed E-state index contributed by atoms with van der Waals surface area (Å²) in [6.07, 6.45) is 3.55. The van der Waals surface area contributed by atoms with Crippen LogP contribution in [0, 0.1) is 6.92 Å². The normalized spacial score (nSPS) is 11.4. The third-order valence-corrected chi connectivity index (χ3v) is 3.33. The molecule has 0 aliphatic heterocycles. The summed E-state index contributed by atoms with van der Waals surface area (Å²) >= 11 is 6.21. The SMILES string of the molecule is Cc1c(Cl)nc(C(C)(C)C)nc1NCc1ccncc1. The van der Waals surface area contributed by atoms with Gasteiger partial charge in [-0.15, -0.1) is 0 Å². The largest absolute Gasteiger partial charge is 0.366 e. The molecular weight excluding hydrogens is 272 g/mol. The van der Waals surface area contributed by atoms with Crippen molar-refractivity contribution in [2.75, 3.05) is 5.32 Å². The molecule has 0 saturated carbocycles. The quantitative estimate of drug-likeness (QED) is 0.875. The Morgan fingerprint density at radius 3 is 2.40 bits per heavy atom. The van der Waals surface area contributed by atoms with Crippen molar-refractivity contribution in [3.8, 4) is 0 Å². The molecule has 5 heteroatoms. The Hall–Kier alpha value is -1.68. The Bertz CT molecular complexity index is 591. The molecule has 0 amide bonds. The molecule has 0 fully saturated rings. The lowest BCUT2D eigenvalue weighted by Gasteiger charge is -2.19. The molecule has 0 bridgehead atoms. The average Bonchev–Trinajstić information content (AvgIpc) is 2.40. The van der Waals surface area contributed by atoms with E-state index in [1.807, 2.05) is 19.1 Å². The first-order chi connectivity index (χ1) is 9.38. The summed E-state index contributed by atoms with van der Waals surface area (Å²) in [5, 5.41) is 3.82. The van der Waals surface area contributed by atoms with Crippen molar-refractivity contribution < 1.29 is 0 Å². The Morgan fingerprint density at radius 1 is 1.15 bits per heavy atom. The number of anilines is 1. The number of pyridine rings is 1. The molecule has 0 aromatic carbocycles. The highest BCUT2D eigenvalue weighted by molar-refractivity contribution is 6.30. The van der Waals surface area contributed by atoms with E-state index in [2.05, 4.69) is 41.0 Å². The van der Waals surface area contributed by atoms with Crippen LogP contribution in [0.1, 0.15) is 37.7 Å². The van der Waals surface area contributed by atoms with Crippen LogP contribution in [-0.4, -0.2) is 15.0 Å². The molecule has 0 atom stereocenters. The summed E-state index contributed by atoms with van der Waals surface area (Å²) in [6, 6.07) is 3.94. The zero-order valence-electron chi connectivity index (χ0n) is 12.2. The van der Waals surface area contributed by atoms with Crippen LogP contribution in [0.5, 0.6) is 0 Å². The fraction of sp³-hybridized carbons (Fsp3) is 0.400. The number of hydrogen-bond acceptors (Lipinski definition) is 4. The minimum Gasteiger partial charge on any atom is -0.366 e. The molecule has 0 unspecified atom stereocenters. The molecule has 0 aliphatic rings. The van der Waals surface area contributed by atoms with Gasteiger partial charge in [0.1, 0.15) is 16.8 Å². The van der Waals surface area contributed by atoms with E-state index in [-0.39, 0.29) is 5.41 Å². The van der Waals surface area contributed by atoms with Gasteiger partial charge in [0, 0.05) is 29.9 Å². The van der Waals surface area contributed by atoms with Gasteiger partial charge in [-0.25, -0.2) is 9.97 Å². The van der Waals surface area contributed by atoms with Crippen LogP contribution in [-0.2, 0) is 12.0 Å². The minimum absolute atomic E-state index is 0.134. The molecule has 0 spiro atoms. The van der Waals surface area contributed by atoms with E-state index in [0.29, 0.717) is 11.7 Å². The van der Waals surface area contributed by atoms with Crippen molar-refractivity contribution in [1.82, 2.24) is 15.0 Å². The summed E-state index contributed by atoms with van der Waals surface area (Å²) in [5.74, 6) is 1.53. The summed E-state index contributed by atoms with van der Waals surface area (Å²) in [6.45, 7) is 8.81. The number of hydrogen-bond donors (Lipinski definition) is 1. The van der Waals surface area contributed by atoms with Crippen LogP contribution in [0.4, 0.5) is 5.82 Å². The third kappa shape index (κ3) is 3.45. The fourth-order valence-corrected chi connectivity index (χ4v) is 1.85. The van der Waals surface area contributed by atoms with Crippen LogP contribution in [0.3, 0.4) is 0 Å². The highest BCUT2D eigenvalue weighted by atomic mass is 35.5. The van der Waals surface area contributed by atoms with E-state index in [0.717, 1.165) is 22.8 Å². The van der Waals surface area contributed by atoms with Crippen molar-refractivity contribution in [2.24, 2.45) is 0 Å². The number of halogens is 1. The van der Waals surface area contributed by atoms with E-state index >= 15 is 0 Å². The van der Waals surface area contributed by atoms with E-state index < -0.39 is 0 Å². The minimum atomic E-state index is -0.134. The Morgan fingerprint density at radius 2 is 1.80 bits per heavy atom. The molecule has 0 radical (unpaired) electrons. The molecule has 0 saturated heterocycles. The van der Waals surface area contributed by atoms with Crippen molar-refractivity contribution in [3.05, 3.63) is 46.6 Å². The fourth-order valence-electron chi connectivity index (χ4n) is 1.68. The highest BCUT2D eigenvalue weighted by Crippen LogP contribution is 2.26. The van der Waals surface area contributed by atoms with Crippen LogP contribution < -0.4 is 5.32 Å². The lowest BCUT2D eigenvalue weighted by Crippen LogP contribution is -2.18. The average molecular weight is 291 g/mol. The summed E-state index contributed by atoms with van der Waals surface area (Å²) in [7, 11) is 0. The second-order valence-electron chi connectivity index (χ2n) is 5.77. The molecule has 1 N–H and O–H groups in total. The van der Waals surface area contributed by atoms with Gasteiger partial charge in [0.15, 0.2) is 0 Å². The van der Waals surface area contributed by atoms with Gasteiger partial charge in [-0.2, -0.15) is 0 Å². The molecule has 2 aromatic heterocycles. The topological polar surface area (TPSA) is 50.7 Å². The van der Waals surface area contributed by atoms with Crippen LogP contribution in [0.25, 0.3) is 0 Å². The summed E-state index contributed by atoms with van der Waals surface area (Å²) in [4.78, 5) is 13.0. The predicted molar refractivity (Wildman–Crippen MR) is 82.0 cm³/mol. The zero-order valence-corrected chi connectivity index (χ0v) is 13.0. The number of nitrogens with zero attached hydrogens (tertiary/aromatic N) is 3. The van der Waals surface area contributed by atoms with Crippen LogP contribution >= 0.6 is 11.6 Å². The molecule has 20 heavy (non-hydrogen) atoms. The van der Waals surface area contributed by atoms with Crippen molar-refractivity contribution in [1.29, 1.82) is 0 Å². The number of rotatable bonds is 3. The smallest absolute Gasteiger partial charge is 0.137 e. The first-order valence-electron chi connectivity index (χ1n) is 6.55. The predicted octanol–water partition coefficient (Wildman–Crippen LogP) is 3.74. The molecular formula is C15H19ClN4. The van der Waals surface area contributed by atoms with Gasteiger partial charge < -0.3 is 5.32 Å². The second kappa shape index (κ2) is 5.75. The number of aromatic nitrogens is 3. The first-order valence-corrected chi connectivity index (χ1v) is 6.93. The highest BCUT2D eigenvalue weighted by Gasteiger charge is 2.20. The van der Waals surface area contributed by atoms with Crippen molar-refractivity contribution in [3.63, 3.8) is 0 Å². The van der Waals surface area contributed by atoms with E-state index in [1.54, 1.807) is 12.4 Å². The van der Waals surface area contributed by atoms with E-state index in [1.165, 1.54) is 0 Å². The molecule has 106 valence electrons. The Balaban J connectivity index is 2.25. The Labute approximate surface area is 124 Å².